The SMILES string of the molecule is Cc1cccc(CN(C)c2ncnc3c2cc(-c2ccc(CO)cc2)n3COCC[Si](C)(C)C)c1. The first-order valence-corrected chi connectivity index (χ1v) is 15.8. The van der Waals surface area contributed by atoms with Crippen molar-refractivity contribution in [3.8, 4) is 11.3 Å². The Morgan fingerprint density at radius 3 is 2.46 bits per heavy atom. The minimum atomic E-state index is -1.18. The number of ether oxygens (including phenoxy) is 1. The van der Waals surface area contributed by atoms with Gasteiger partial charge in [-0.3, -0.25) is 0 Å². The molecule has 0 aliphatic rings. The van der Waals surface area contributed by atoms with Crippen LogP contribution >= 0.6 is 0 Å². The predicted octanol–water partition coefficient (Wildman–Crippen LogP) is 5.85. The summed E-state index contributed by atoms with van der Waals surface area (Å²) in [5.41, 5.74) is 6.33. The zero-order valence-electron chi connectivity index (χ0n) is 21.5. The number of aromatic nitrogens is 3. The summed E-state index contributed by atoms with van der Waals surface area (Å²) in [7, 11) is 0.895. The zero-order valence-corrected chi connectivity index (χ0v) is 22.5. The molecule has 0 bridgehead atoms. The van der Waals surface area contributed by atoms with E-state index in [1.807, 2.05) is 24.3 Å². The van der Waals surface area contributed by atoms with Gasteiger partial charge in [0.25, 0.3) is 0 Å². The van der Waals surface area contributed by atoms with E-state index in [0.29, 0.717) is 6.73 Å². The summed E-state index contributed by atoms with van der Waals surface area (Å²) in [6, 6.07) is 19.8. The third kappa shape index (κ3) is 6.17. The lowest BCUT2D eigenvalue weighted by molar-refractivity contribution is 0.0909. The molecular formula is C28H36N4O2Si. The molecule has 2 aromatic heterocycles. The third-order valence-corrected chi connectivity index (χ3v) is 7.89. The molecule has 0 aliphatic heterocycles. The highest BCUT2D eigenvalue weighted by Gasteiger charge is 2.18. The van der Waals surface area contributed by atoms with Gasteiger partial charge in [0.2, 0.25) is 0 Å². The summed E-state index contributed by atoms with van der Waals surface area (Å²) in [5.74, 6) is 0.894. The molecule has 1 N–H and O–H groups in total. The Hall–Kier alpha value is -3.00. The van der Waals surface area contributed by atoms with Gasteiger partial charge in [0.1, 0.15) is 24.5 Å². The number of hydrogen-bond acceptors (Lipinski definition) is 5. The molecule has 6 nitrogen and oxygen atoms in total. The maximum Gasteiger partial charge on any atom is 0.147 e. The molecule has 0 saturated heterocycles. The Labute approximate surface area is 209 Å². The molecule has 7 heteroatoms. The molecule has 0 amide bonds. The first-order valence-electron chi connectivity index (χ1n) is 12.1. The number of aryl methyl sites for hydroxylation is 1. The number of hydrogen-bond donors (Lipinski definition) is 1. The molecule has 0 saturated carbocycles. The number of benzene rings is 2. The number of anilines is 1. The van der Waals surface area contributed by atoms with Gasteiger partial charge < -0.3 is 19.3 Å². The van der Waals surface area contributed by atoms with Gasteiger partial charge in [-0.25, -0.2) is 9.97 Å². The molecule has 0 atom stereocenters. The van der Waals surface area contributed by atoms with Crippen LogP contribution in [0.25, 0.3) is 22.3 Å². The highest BCUT2D eigenvalue weighted by Crippen LogP contribution is 2.32. The second kappa shape index (κ2) is 10.7. The van der Waals surface area contributed by atoms with E-state index in [-0.39, 0.29) is 6.61 Å². The van der Waals surface area contributed by atoms with Crippen molar-refractivity contribution in [2.24, 2.45) is 0 Å². The van der Waals surface area contributed by atoms with Crippen LogP contribution in [0.5, 0.6) is 0 Å². The van der Waals surface area contributed by atoms with Gasteiger partial charge in [0, 0.05) is 28.3 Å². The number of fused-ring (bicyclic) bond motifs is 1. The fourth-order valence-corrected chi connectivity index (χ4v) is 4.96. The number of aliphatic hydroxyl groups is 1. The summed E-state index contributed by atoms with van der Waals surface area (Å²) in [5, 5.41) is 10.5. The van der Waals surface area contributed by atoms with Gasteiger partial charge in [0.05, 0.1) is 17.7 Å². The van der Waals surface area contributed by atoms with Crippen LogP contribution in [0.4, 0.5) is 5.82 Å². The minimum Gasteiger partial charge on any atom is -0.392 e. The van der Waals surface area contributed by atoms with Gasteiger partial charge in [-0.05, 0) is 35.7 Å². The third-order valence-electron chi connectivity index (χ3n) is 6.18. The monoisotopic (exact) mass is 488 g/mol. The summed E-state index contributed by atoms with van der Waals surface area (Å²) in [6.45, 7) is 11.2. The molecular weight excluding hydrogens is 452 g/mol. The van der Waals surface area contributed by atoms with Crippen molar-refractivity contribution in [2.75, 3.05) is 18.6 Å². The van der Waals surface area contributed by atoms with Crippen molar-refractivity contribution < 1.29 is 9.84 Å². The Bertz CT molecular complexity index is 1280. The normalized spacial score (nSPS) is 11.8. The smallest absolute Gasteiger partial charge is 0.147 e. The Balaban J connectivity index is 1.71. The van der Waals surface area contributed by atoms with Crippen molar-refractivity contribution in [1.29, 1.82) is 0 Å². The molecule has 0 fully saturated rings. The summed E-state index contributed by atoms with van der Waals surface area (Å²) >= 11 is 0. The van der Waals surface area contributed by atoms with Crippen molar-refractivity contribution in [3.63, 3.8) is 0 Å². The van der Waals surface area contributed by atoms with Crippen LogP contribution < -0.4 is 4.90 Å². The van der Waals surface area contributed by atoms with Gasteiger partial charge in [-0.1, -0.05) is 73.7 Å². The number of aliphatic hydroxyl groups excluding tert-OH is 1. The molecule has 2 heterocycles. The Morgan fingerprint density at radius 2 is 1.77 bits per heavy atom. The number of rotatable bonds is 10. The topological polar surface area (TPSA) is 63.4 Å². The summed E-state index contributed by atoms with van der Waals surface area (Å²) in [6.07, 6.45) is 1.64. The first kappa shape index (κ1) is 25.1. The van der Waals surface area contributed by atoms with Crippen LogP contribution in [0.3, 0.4) is 0 Å². The summed E-state index contributed by atoms with van der Waals surface area (Å²) in [4.78, 5) is 11.5. The lowest BCUT2D eigenvalue weighted by Gasteiger charge is -2.19. The van der Waals surface area contributed by atoms with E-state index in [2.05, 4.69) is 83.4 Å². The van der Waals surface area contributed by atoms with Gasteiger partial charge in [-0.15, -0.1) is 0 Å². The maximum absolute atomic E-state index is 9.47. The molecule has 4 rings (SSSR count). The highest BCUT2D eigenvalue weighted by molar-refractivity contribution is 6.76. The predicted molar refractivity (Wildman–Crippen MR) is 146 cm³/mol. The zero-order chi connectivity index (χ0) is 25.0. The van der Waals surface area contributed by atoms with Gasteiger partial charge in [0.15, 0.2) is 0 Å². The second-order valence-corrected chi connectivity index (χ2v) is 16.1. The van der Waals surface area contributed by atoms with Crippen LogP contribution in [0, 0.1) is 6.92 Å². The highest BCUT2D eigenvalue weighted by atomic mass is 28.3. The maximum atomic E-state index is 9.47. The first-order chi connectivity index (χ1) is 16.7. The van der Waals surface area contributed by atoms with E-state index in [9.17, 15) is 5.11 Å². The van der Waals surface area contributed by atoms with E-state index in [1.54, 1.807) is 6.33 Å². The fraction of sp³-hybridized carbons (Fsp3) is 0.357. The van der Waals surface area contributed by atoms with E-state index in [1.165, 1.54) is 11.1 Å². The average molecular weight is 489 g/mol. The van der Waals surface area contributed by atoms with E-state index in [0.717, 1.165) is 52.9 Å². The standard InChI is InChI=1S/C28H36N4O2Si/c1-21-7-6-8-23(15-21)17-31(2)27-25-16-26(24-11-9-22(18-33)10-12-24)32(28(25)30-19-29-27)20-34-13-14-35(3,4)5/h6-12,15-16,19,33H,13-14,17-18,20H2,1-5H3. The second-order valence-electron chi connectivity index (χ2n) is 10.4. The van der Waals surface area contributed by atoms with Crippen molar-refractivity contribution >= 4 is 24.9 Å². The molecule has 184 valence electrons. The molecule has 2 aromatic carbocycles. The van der Waals surface area contributed by atoms with Crippen LogP contribution in [0.1, 0.15) is 16.7 Å². The van der Waals surface area contributed by atoms with Crippen molar-refractivity contribution in [2.45, 2.75) is 52.5 Å². The largest absolute Gasteiger partial charge is 0.392 e. The molecule has 0 aliphatic carbocycles. The van der Waals surface area contributed by atoms with Crippen molar-refractivity contribution in [3.05, 3.63) is 77.6 Å². The molecule has 35 heavy (non-hydrogen) atoms. The molecule has 0 unspecified atom stereocenters. The van der Waals surface area contributed by atoms with E-state index >= 15 is 0 Å². The van der Waals surface area contributed by atoms with E-state index < -0.39 is 8.07 Å². The quantitative estimate of drug-likeness (QED) is 0.224. The van der Waals surface area contributed by atoms with Crippen molar-refractivity contribution in [1.82, 2.24) is 14.5 Å². The van der Waals surface area contributed by atoms with E-state index in [4.69, 9.17) is 4.74 Å². The Morgan fingerprint density at radius 1 is 1.00 bits per heavy atom. The number of nitrogens with zero attached hydrogens (tertiary/aromatic N) is 4. The fourth-order valence-electron chi connectivity index (χ4n) is 4.20. The molecule has 4 aromatic rings. The van der Waals surface area contributed by atoms with Crippen LogP contribution in [-0.2, 0) is 24.6 Å². The lowest BCUT2D eigenvalue weighted by Crippen LogP contribution is -2.22. The average Bonchev–Trinajstić information content (AvgIpc) is 3.20. The molecule has 0 radical (unpaired) electrons. The van der Waals surface area contributed by atoms with Gasteiger partial charge >= 0.3 is 0 Å². The van der Waals surface area contributed by atoms with Crippen LogP contribution in [0.2, 0.25) is 25.7 Å². The minimum absolute atomic E-state index is 0.0302. The van der Waals surface area contributed by atoms with Gasteiger partial charge in [-0.2, -0.15) is 0 Å². The molecule has 0 spiro atoms. The summed E-state index contributed by atoms with van der Waals surface area (Å²) < 4.78 is 8.30. The van der Waals surface area contributed by atoms with Crippen LogP contribution in [-0.4, -0.2) is 41.4 Å². The lowest BCUT2D eigenvalue weighted by atomic mass is 10.1. The van der Waals surface area contributed by atoms with Crippen LogP contribution in [0.15, 0.2) is 60.9 Å². The Kier molecular flexibility index (Phi) is 7.69.